The summed E-state index contributed by atoms with van der Waals surface area (Å²) in [6, 6.07) is 8.25. The Labute approximate surface area is 203 Å². The number of aryl methyl sites for hydroxylation is 1. The third-order valence-corrected chi connectivity index (χ3v) is 6.69. The predicted molar refractivity (Wildman–Crippen MR) is 125 cm³/mol. The number of halogens is 2. The van der Waals surface area contributed by atoms with E-state index in [1.165, 1.54) is 43.3 Å². The molecular formula is C26H19ClFNO6. The van der Waals surface area contributed by atoms with Gasteiger partial charge in [-0.2, -0.15) is 0 Å². The fraction of sp³-hybridized carbons (Fsp3) is 0.231. The van der Waals surface area contributed by atoms with E-state index in [0.29, 0.717) is 12.8 Å². The van der Waals surface area contributed by atoms with Crippen molar-refractivity contribution in [3.05, 3.63) is 75.4 Å². The molecule has 1 fully saturated rings. The number of ether oxygens (including phenoxy) is 1. The molecule has 7 nitrogen and oxygen atoms in total. The molecule has 3 aromatic rings. The molecule has 35 heavy (non-hydrogen) atoms. The average Bonchev–Trinajstić information content (AvgIpc) is 3.05. The van der Waals surface area contributed by atoms with Gasteiger partial charge in [-0.25, -0.2) is 9.18 Å². The fourth-order valence-electron chi connectivity index (χ4n) is 4.69. The van der Waals surface area contributed by atoms with Crippen LogP contribution in [0.3, 0.4) is 0 Å². The van der Waals surface area contributed by atoms with E-state index in [2.05, 4.69) is 0 Å². The normalized spacial score (nSPS) is 19.3. The second kappa shape index (κ2) is 8.78. The zero-order valence-corrected chi connectivity index (χ0v) is 19.3. The van der Waals surface area contributed by atoms with Crippen molar-refractivity contribution in [1.29, 1.82) is 0 Å². The Hall–Kier alpha value is -3.78. The highest BCUT2D eigenvalue weighted by molar-refractivity contribution is 6.33. The number of hydrogen-bond donors (Lipinski definition) is 0. The van der Waals surface area contributed by atoms with E-state index in [4.69, 9.17) is 20.8 Å². The Morgan fingerprint density at radius 2 is 1.77 bits per heavy atom. The third kappa shape index (κ3) is 3.93. The second-order valence-corrected chi connectivity index (χ2v) is 8.92. The van der Waals surface area contributed by atoms with Gasteiger partial charge >= 0.3 is 5.97 Å². The van der Waals surface area contributed by atoms with Crippen LogP contribution in [0.25, 0.3) is 22.1 Å². The molecule has 1 aromatic heterocycles. The zero-order chi connectivity index (χ0) is 24.9. The lowest BCUT2D eigenvalue weighted by Crippen LogP contribution is -2.37. The SMILES string of the molecule is Cc1oc2cc(OC(=O)CN3C(=O)C4CC=CCC4C3=O)ccc2c(=O)c1-c1c(F)cccc1Cl. The smallest absolute Gasteiger partial charge is 0.331 e. The van der Waals surface area contributed by atoms with Gasteiger partial charge in [-0.1, -0.05) is 29.8 Å². The van der Waals surface area contributed by atoms with Crippen LogP contribution in [-0.4, -0.2) is 29.2 Å². The molecule has 0 N–H and O–H groups in total. The van der Waals surface area contributed by atoms with Crippen LogP contribution in [0.1, 0.15) is 18.6 Å². The highest BCUT2D eigenvalue weighted by atomic mass is 35.5. The molecule has 5 rings (SSSR count). The molecule has 1 aliphatic carbocycles. The van der Waals surface area contributed by atoms with E-state index < -0.39 is 35.6 Å². The van der Waals surface area contributed by atoms with Crippen LogP contribution in [0.2, 0.25) is 5.02 Å². The van der Waals surface area contributed by atoms with Gasteiger partial charge in [-0.05, 0) is 44.0 Å². The molecule has 0 saturated carbocycles. The lowest BCUT2D eigenvalue weighted by molar-refractivity contribution is -0.148. The second-order valence-electron chi connectivity index (χ2n) is 8.51. The predicted octanol–water partition coefficient (Wildman–Crippen LogP) is 4.42. The highest BCUT2D eigenvalue weighted by Crippen LogP contribution is 2.35. The molecule has 2 aliphatic rings. The summed E-state index contributed by atoms with van der Waals surface area (Å²) in [5, 5.41) is 0.220. The summed E-state index contributed by atoms with van der Waals surface area (Å²) in [7, 11) is 0. The third-order valence-electron chi connectivity index (χ3n) is 6.37. The number of benzene rings is 2. The maximum absolute atomic E-state index is 14.4. The Morgan fingerprint density at radius 1 is 1.09 bits per heavy atom. The van der Waals surface area contributed by atoms with Crippen molar-refractivity contribution in [3.63, 3.8) is 0 Å². The average molecular weight is 496 g/mol. The van der Waals surface area contributed by atoms with Crippen LogP contribution >= 0.6 is 11.6 Å². The van der Waals surface area contributed by atoms with Gasteiger partial charge in [-0.3, -0.25) is 19.3 Å². The molecule has 2 atom stereocenters. The van der Waals surface area contributed by atoms with Crippen molar-refractivity contribution in [2.75, 3.05) is 6.54 Å². The summed E-state index contributed by atoms with van der Waals surface area (Å²) < 4.78 is 25.5. The quantitative estimate of drug-likeness (QED) is 0.230. The lowest BCUT2D eigenvalue weighted by atomic mass is 9.85. The molecular weight excluding hydrogens is 477 g/mol. The Balaban J connectivity index is 1.40. The molecule has 2 unspecified atom stereocenters. The van der Waals surface area contributed by atoms with E-state index in [1.54, 1.807) is 0 Å². The van der Waals surface area contributed by atoms with Gasteiger partial charge in [0.25, 0.3) is 0 Å². The lowest BCUT2D eigenvalue weighted by Gasteiger charge is -2.14. The van der Waals surface area contributed by atoms with Crippen molar-refractivity contribution in [2.45, 2.75) is 19.8 Å². The molecule has 0 spiro atoms. The number of amides is 2. The molecule has 1 saturated heterocycles. The molecule has 2 heterocycles. The number of fused-ring (bicyclic) bond motifs is 2. The summed E-state index contributed by atoms with van der Waals surface area (Å²) in [6.45, 7) is 1.01. The standard InChI is InChI=1S/C26H19ClFNO6/c1-13-22(23-18(27)7-4-8-19(23)28)24(31)17-10-9-14(11-20(17)34-13)35-21(30)12-29-25(32)15-5-2-3-6-16(15)26(29)33/h2-4,7-11,15-16H,5-6,12H2,1H3. The van der Waals surface area contributed by atoms with Crippen LogP contribution < -0.4 is 10.2 Å². The summed E-state index contributed by atoms with van der Waals surface area (Å²) in [4.78, 5) is 51.7. The van der Waals surface area contributed by atoms with Crippen molar-refractivity contribution < 1.29 is 27.9 Å². The number of nitrogens with zero attached hydrogens (tertiary/aromatic N) is 1. The minimum absolute atomic E-state index is 0.00681. The van der Waals surface area contributed by atoms with Gasteiger partial charge in [0.05, 0.1) is 27.8 Å². The van der Waals surface area contributed by atoms with Crippen LogP contribution in [0.5, 0.6) is 5.75 Å². The Morgan fingerprint density at radius 3 is 2.43 bits per heavy atom. The zero-order valence-electron chi connectivity index (χ0n) is 18.5. The molecule has 9 heteroatoms. The minimum Gasteiger partial charge on any atom is -0.460 e. The van der Waals surface area contributed by atoms with Gasteiger partial charge in [0.1, 0.15) is 29.5 Å². The highest BCUT2D eigenvalue weighted by Gasteiger charge is 2.47. The summed E-state index contributed by atoms with van der Waals surface area (Å²) in [6.07, 6.45) is 4.68. The van der Waals surface area contributed by atoms with Gasteiger partial charge in [-0.15, -0.1) is 0 Å². The number of carbonyl (C=O) groups excluding carboxylic acids is 3. The molecule has 1 aliphatic heterocycles. The minimum atomic E-state index is -0.800. The number of rotatable bonds is 4. The first-order valence-corrected chi connectivity index (χ1v) is 11.4. The van der Waals surface area contributed by atoms with E-state index in [9.17, 15) is 23.6 Å². The van der Waals surface area contributed by atoms with E-state index >= 15 is 0 Å². The van der Waals surface area contributed by atoms with Gasteiger partial charge in [0.2, 0.25) is 17.2 Å². The number of hydrogen-bond acceptors (Lipinski definition) is 6. The van der Waals surface area contributed by atoms with Gasteiger partial charge in [0.15, 0.2) is 0 Å². The van der Waals surface area contributed by atoms with Crippen LogP contribution in [0.15, 0.2) is 57.8 Å². The molecule has 178 valence electrons. The van der Waals surface area contributed by atoms with Crippen molar-refractivity contribution in [2.24, 2.45) is 11.8 Å². The van der Waals surface area contributed by atoms with Crippen molar-refractivity contribution in [3.8, 4) is 16.9 Å². The van der Waals surface area contributed by atoms with E-state index in [-0.39, 0.29) is 50.4 Å². The van der Waals surface area contributed by atoms with Crippen molar-refractivity contribution >= 4 is 40.4 Å². The molecule has 2 amide bonds. The maximum Gasteiger partial charge on any atom is 0.331 e. The fourth-order valence-corrected chi connectivity index (χ4v) is 4.95. The number of esters is 1. The first kappa shape index (κ1) is 23.0. The van der Waals surface area contributed by atoms with Gasteiger partial charge < -0.3 is 9.15 Å². The summed E-state index contributed by atoms with van der Waals surface area (Å²) in [5.41, 5.74) is -0.404. The number of allylic oxidation sites excluding steroid dienone is 2. The molecule has 2 aromatic carbocycles. The summed E-state index contributed by atoms with van der Waals surface area (Å²) in [5.74, 6) is -2.86. The first-order valence-electron chi connectivity index (χ1n) is 11.0. The molecule has 0 bridgehead atoms. The van der Waals surface area contributed by atoms with Crippen LogP contribution in [0, 0.1) is 24.6 Å². The Bertz CT molecular complexity index is 1450. The topological polar surface area (TPSA) is 93.9 Å². The van der Waals surface area contributed by atoms with Crippen molar-refractivity contribution in [1.82, 2.24) is 4.90 Å². The van der Waals surface area contributed by atoms with E-state index in [0.717, 1.165) is 4.90 Å². The number of likely N-dealkylation sites (tertiary alicyclic amines) is 1. The number of imide groups is 1. The Kier molecular flexibility index (Phi) is 5.76. The van der Waals surface area contributed by atoms with Gasteiger partial charge in [0, 0.05) is 11.6 Å². The number of carbonyl (C=O) groups is 3. The monoisotopic (exact) mass is 495 g/mol. The van der Waals surface area contributed by atoms with Crippen LogP contribution in [0.4, 0.5) is 4.39 Å². The summed E-state index contributed by atoms with van der Waals surface area (Å²) >= 11 is 6.14. The van der Waals surface area contributed by atoms with Crippen LogP contribution in [-0.2, 0) is 14.4 Å². The largest absolute Gasteiger partial charge is 0.460 e. The maximum atomic E-state index is 14.4. The molecule has 0 radical (unpaired) electrons. The van der Waals surface area contributed by atoms with E-state index in [1.807, 2.05) is 12.2 Å². The first-order chi connectivity index (χ1) is 16.8.